The third-order valence-corrected chi connectivity index (χ3v) is 3.58. The molecular formula is C15H12BrFN2O. The molecule has 3 aromatic rings. The monoisotopic (exact) mass is 334 g/mol. The molecule has 0 atom stereocenters. The topological polar surface area (TPSA) is 38.1 Å². The van der Waals surface area contributed by atoms with Crippen LogP contribution in [0.1, 0.15) is 11.5 Å². The van der Waals surface area contributed by atoms with Gasteiger partial charge in [-0.25, -0.2) is 9.37 Å². The Labute approximate surface area is 123 Å². The van der Waals surface area contributed by atoms with Crippen molar-refractivity contribution in [3.8, 4) is 0 Å². The van der Waals surface area contributed by atoms with Gasteiger partial charge < -0.3 is 9.73 Å². The minimum atomic E-state index is -0.256. The molecule has 3 rings (SSSR count). The molecule has 0 aliphatic carbocycles. The third-order valence-electron chi connectivity index (χ3n) is 2.98. The Morgan fingerprint density at radius 1 is 1.25 bits per heavy atom. The SMILES string of the molecule is Cc1nc2cc(NCc3ccc(F)c(Br)c3)ccc2o1. The Morgan fingerprint density at radius 2 is 2.10 bits per heavy atom. The van der Waals surface area contributed by atoms with Crippen molar-refractivity contribution in [2.24, 2.45) is 0 Å². The molecular weight excluding hydrogens is 323 g/mol. The Hall–Kier alpha value is -1.88. The summed E-state index contributed by atoms with van der Waals surface area (Å²) >= 11 is 3.18. The molecule has 0 aliphatic rings. The smallest absolute Gasteiger partial charge is 0.192 e. The number of benzene rings is 2. The van der Waals surface area contributed by atoms with Crippen LogP contribution in [0.15, 0.2) is 45.3 Å². The molecule has 102 valence electrons. The van der Waals surface area contributed by atoms with Gasteiger partial charge in [0, 0.05) is 19.2 Å². The number of aryl methyl sites for hydroxylation is 1. The lowest BCUT2D eigenvalue weighted by atomic mass is 10.2. The molecule has 0 aliphatic heterocycles. The number of hydrogen-bond donors (Lipinski definition) is 1. The first-order valence-electron chi connectivity index (χ1n) is 6.17. The van der Waals surface area contributed by atoms with Crippen LogP contribution in [0.25, 0.3) is 11.1 Å². The summed E-state index contributed by atoms with van der Waals surface area (Å²) in [6.07, 6.45) is 0. The highest BCUT2D eigenvalue weighted by molar-refractivity contribution is 9.10. The van der Waals surface area contributed by atoms with Crippen LogP contribution in [0.4, 0.5) is 10.1 Å². The largest absolute Gasteiger partial charge is 0.441 e. The predicted molar refractivity (Wildman–Crippen MR) is 80.2 cm³/mol. The van der Waals surface area contributed by atoms with Crippen LogP contribution in [0.5, 0.6) is 0 Å². The van der Waals surface area contributed by atoms with Gasteiger partial charge in [0.1, 0.15) is 11.3 Å². The molecule has 1 heterocycles. The van der Waals surface area contributed by atoms with Crippen molar-refractivity contribution in [2.45, 2.75) is 13.5 Å². The first kappa shape index (κ1) is 13.1. The second kappa shape index (κ2) is 5.25. The number of halogens is 2. The van der Waals surface area contributed by atoms with Crippen LogP contribution in [0.3, 0.4) is 0 Å². The van der Waals surface area contributed by atoms with Gasteiger partial charge in [-0.15, -0.1) is 0 Å². The summed E-state index contributed by atoms with van der Waals surface area (Å²) in [5, 5.41) is 3.28. The number of fused-ring (bicyclic) bond motifs is 1. The van der Waals surface area contributed by atoms with Crippen molar-refractivity contribution in [2.75, 3.05) is 5.32 Å². The zero-order chi connectivity index (χ0) is 14.1. The van der Waals surface area contributed by atoms with Crippen LogP contribution in [-0.2, 0) is 6.54 Å². The second-order valence-corrected chi connectivity index (χ2v) is 5.37. The third kappa shape index (κ3) is 2.67. The number of hydrogen-bond acceptors (Lipinski definition) is 3. The van der Waals surface area contributed by atoms with Gasteiger partial charge >= 0.3 is 0 Å². The minimum absolute atomic E-state index is 0.256. The number of anilines is 1. The number of oxazole rings is 1. The van der Waals surface area contributed by atoms with Gasteiger partial charge in [-0.3, -0.25) is 0 Å². The van der Waals surface area contributed by atoms with Gasteiger partial charge in [0.25, 0.3) is 0 Å². The highest BCUT2D eigenvalue weighted by Gasteiger charge is 2.04. The van der Waals surface area contributed by atoms with Crippen LogP contribution < -0.4 is 5.32 Å². The van der Waals surface area contributed by atoms with Crippen molar-refractivity contribution in [1.29, 1.82) is 0 Å². The molecule has 20 heavy (non-hydrogen) atoms. The van der Waals surface area contributed by atoms with Gasteiger partial charge in [0.2, 0.25) is 0 Å². The van der Waals surface area contributed by atoms with Crippen LogP contribution in [-0.4, -0.2) is 4.98 Å². The van der Waals surface area contributed by atoms with Crippen molar-refractivity contribution >= 4 is 32.7 Å². The molecule has 0 spiro atoms. The Balaban J connectivity index is 1.77. The van der Waals surface area contributed by atoms with Gasteiger partial charge in [0.15, 0.2) is 11.5 Å². The molecule has 0 saturated carbocycles. The average molecular weight is 335 g/mol. The maximum atomic E-state index is 13.2. The van der Waals surface area contributed by atoms with Crippen molar-refractivity contribution in [3.63, 3.8) is 0 Å². The number of nitrogens with zero attached hydrogens (tertiary/aromatic N) is 1. The second-order valence-electron chi connectivity index (χ2n) is 4.52. The van der Waals surface area contributed by atoms with Crippen LogP contribution >= 0.6 is 15.9 Å². The quantitative estimate of drug-likeness (QED) is 0.757. The molecule has 0 unspecified atom stereocenters. The lowest BCUT2D eigenvalue weighted by Crippen LogP contribution is -1.99. The van der Waals surface area contributed by atoms with E-state index in [1.807, 2.05) is 25.1 Å². The maximum absolute atomic E-state index is 13.2. The molecule has 1 N–H and O–H groups in total. The van der Waals surface area contributed by atoms with Gasteiger partial charge in [-0.1, -0.05) is 6.07 Å². The lowest BCUT2D eigenvalue weighted by molar-refractivity contribution is 0.561. The predicted octanol–water partition coefficient (Wildman–Crippen LogP) is 4.65. The Kier molecular flexibility index (Phi) is 3.44. The average Bonchev–Trinajstić information content (AvgIpc) is 2.79. The number of rotatable bonds is 3. The summed E-state index contributed by atoms with van der Waals surface area (Å²) in [4.78, 5) is 4.29. The molecule has 0 radical (unpaired) electrons. The first-order chi connectivity index (χ1) is 9.61. The van der Waals surface area contributed by atoms with E-state index in [-0.39, 0.29) is 5.82 Å². The van der Waals surface area contributed by atoms with E-state index in [0.29, 0.717) is 16.9 Å². The molecule has 1 aromatic heterocycles. The first-order valence-corrected chi connectivity index (χ1v) is 6.96. The fourth-order valence-corrected chi connectivity index (χ4v) is 2.43. The van der Waals surface area contributed by atoms with Crippen LogP contribution in [0, 0.1) is 12.7 Å². The molecule has 5 heteroatoms. The van der Waals surface area contributed by atoms with E-state index in [4.69, 9.17) is 4.42 Å². The lowest BCUT2D eigenvalue weighted by Gasteiger charge is -2.07. The van der Waals surface area contributed by atoms with E-state index < -0.39 is 0 Å². The van der Waals surface area contributed by atoms with Crippen molar-refractivity contribution in [1.82, 2.24) is 4.98 Å². The molecule has 0 bridgehead atoms. The Morgan fingerprint density at radius 3 is 2.90 bits per heavy atom. The Bertz CT molecular complexity index is 770. The normalized spacial score (nSPS) is 10.9. The fourth-order valence-electron chi connectivity index (χ4n) is 2.01. The van der Waals surface area contributed by atoms with E-state index in [2.05, 4.69) is 26.2 Å². The molecule has 2 aromatic carbocycles. The standard InChI is InChI=1S/C15H12BrFN2O/c1-9-19-14-7-11(3-5-15(14)20-9)18-8-10-2-4-13(17)12(16)6-10/h2-7,18H,8H2,1H3. The van der Waals surface area contributed by atoms with Crippen LogP contribution in [0.2, 0.25) is 0 Å². The number of nitrogens with one attached hydrogen (secondary N) is 1. The van der Waals surface area contributed by atoms with E-state index in [9.17, 15) is 4.39 Å². The highest BCUT2D eigenvalue weighted by Crippen LogP contribution is 2.21. The van der Waals surface area contributed by atoms with E-state index in [1.54, 1.807) is 12.1 Å². The van der Waals surface area contributed by atoms with Gasteiger partial charge in [-0.05, 0) is 51.8 Å². The summed E-state index contributed by atoms with van der Waals surface area (Å²) < 4.78 is 19.1. The molecule has 0 saturated heterocycles. The molecule has 3 nitrogen and oxygen atoms in total. The summed E-state index contributed by atoms with van der Waals surface area (Å²) in [5.41, 5.74) is 3.55. The highest BCUT2D eigenvalue weighted by atomic mass is 79.9. The minimum Gasteiger partial charge on any atom is -0.441 e. The number of aromatic nitrogens is 1. The van der Waals surface area contributed by atoms with Crippen molar-refractivity contribution in [3.05, 3.63) is 58.1 Å². The van der Waals surface area contributed by atoms with E-state index in [1.165, 1.54) is 6.07 Å². The summed E-state index contributed by atoms with van der Waals surface area (Å²) in [6.45, 7) is 2.43. The summed E-state index contributed by atoms with van der Waals surface area (Å²) in [6, 6.07) is 10.7. The zero-order valence-corrected chi connectivity index (χ0v) is 12.4. The fraction of sp³-hybridized carbons (Fsp3) is 0.133. The zero-order valence-electron chi connectivity index (χ0n) is 10.8. The summed E-state index contributed by atoms with van der Waals surface area (Å²) in [5.74, 6) is 0.396. The maximum Gasteiger partial charge on any atom is 0.192 e. The van der Waals surface area contributed by atoms with E-state index in [0.717, 1.165) is 22.4 Å². The van der Waals surface area contributed by atoms with Crippen molar-refractivity contribution < 1.29 is 8.81 Å². The molecule has 0 fully saturated rings. The summed E-state index contributed by atoms with van der Waals surface area (Å²) in [7, 11) is 0. The van der Waals surface area contributed by atoms with E-state index >= 15 is 0 Å². The molecule has 0 amide bonds. The van der Waals surface area contributed by atoms with Gasteiger partial charge in [-0.2, -0.15) is 0 Å². The van der Waals surface area contributed by atoms with Gasteiger partial charge in [0.05, 0.1) is 4.47 Å².